The first kappa shape index (κ1) is 40.8. The molecule has 0 spiro atoms. The Bertz CT molecular complexity index is 1500. The molecule has 280 valence electrons. The first-order valence-corrected chi connectivity index (χ1v) is 16.3. The molecule has 1 fully saturated rings. The second-order valence-corrected chi connectivity index (χ2v) is 11.7. The largest absolute Gasteiger partial charge is 0.493 e. The summed E-state index contributed by atoms with van der Waals surface area (Å²) >= 11 is 0. The minimum Gasteiger partial charge on any atom is -0.493 e. The highest BCUT2D eigenvalue weighted by Crippen LogP contribution is 2.37. The molecule has 1 aliphatic carbocycles. The van der Waals surface area contributed by atoms with Gasteiger partial charge in [0.05, 0.1) is 43.7 Å². The zero-order valence-electron chi connectivity index (χ0n) is 27.9. The highest BCUT2D eigenvalue weighted by molar-refractivity contribution is 5.90. The molecule has 0 aliphatic heterocycles. The van der Waals surface area contributed by atoms with E-state index in [1.807, 2.05) is 12.2 Å². The monoisotopic (exact) mass is 725 g/mol. The minimum atomic E-state index is -4.53. The molecule has 0 unspecified atom stereocenters. The summed E-state index contributed by atoms with van der Waals surface area (Å²) in [5, 5.41) is 40.5. The summed E-state index contributed by atoms with van der Waals surface area (Å²) in [6, 6.07) is 8.50. The smallest absolute Gasteiger partial charge is 0.416 e. The van der Waals surface area contributed by atoms with Gasteiger partial charge in [0, 0.05) is 18.8 Å². The number of alkyl halides is 3. The van der Waals surface area contributed by atoms with E-state index >= 15 is 0 Å². The number of hydrogen-bond acceptors (Lipinski definition) is 12. The molecule has 0 saturated heterocycles. The summed E-state index contributed by atoms with van der Waals surface area (Å²) in [6.07, 6.45) is 1.63. The fraction of sp³-hybridized carbons (Fsp3) is 0.486. The van der Waals surface area contributed by atoms with Crippen LogP contribution in [0.25, 0.3) is 0 Å². The van der Waals surface area contributed by atoms with E-state index < -0.39 is 53.0 Å². The van der Waals surface area contributed by atoms with Crippen LogP contribution in [0.4, 0.5) is 13.2 Å². The maximum atomic E-state index is 12.9. The average molecular weight is 726 g/mol. The molecule has 5 atom stereocenters. The van der Waals surface area contributed by atoms with E-state index in [2.05, 4.69) is 4.84 Å². The van der Waals surface area contributed by atoms with Gasteiger partial charge in [0.15, 0.2) is 11.5 Å². The van der Waals surface area contributed by atoms with Crippen molar-refractivity contribution in [3.63, 3.8) is 0 Å². The molecule has 0 amide bonds. The topological polar surface area (TPSA) is 184 Å². The number of aliphatic hydroxyl groups is 3. The normalized spacial score (nSPS) is 19.6. The summed E-state index contributed by atoms with van der Waals surface area (Å²) < 4.78 is 59.8. The van der Waals surface area contributed by atoms with Crippen LogP contribution in [-0.2, 0) is 20.5 Å². The number of hydrogen-bond donors (Lipinski definition) is 3. The third kappa shape index (κ3) is 13.9. The van der Waals surface area contributed by atoms with Crippen molar-refractivity contribution in [3.8, 4) is 17.2 Å². The molecule has 2 aromatic carbocycles. The first-order chi connectivity index (χ1) is 24.3. The molecular weight excluding hydrogens is 683 g/mol. The predicted molar refractivity (Wildman–Crippen MR) is 174 cm³/mol. The number of benzene rings is 2. The number of halogens is 3. The molecule has 16 heteroatoms. The zero-order valence-corrected chi connectivity index (χ0v) is 27.9. The number of unbranched alkanes of at least 4 members (excludes halogenated alkanes) is 2. The van der Waals surface area contributed by atoms with E-state index in [0.29, 0.717) is 32.1 Å². The highest BCUT2D eigenvalue weighted by Gasteiger charge is 2.39. The summed E-state index contributed by atoms with van der Waals surface area (Å²) in [7, 11) is 1.35. The van der Waals surface area contributed by atoms with Crippen molar-refractivity contribution in [1.29, 1.82) is 0 Å². The molecule has 1 aliphatic rings. The van der Waals surface area contributed by atoms with Crippen LogP contribution >= 0.6 is 0 Å². The van der Waals surface area contributed by atoms with Crippen LogP contribution in [0.2, 0.25) is 0 Å². The Morgan fingerprint density at radius 3 is 2.53 bits per heavy atom. The molecule has 51 heavy (non-hydrogen) atoms. The van der Waals surface area contributed by atoms with Crippen molar-refractivity contribution in [3.05, 3.63) is 88.0 Å². The number of rotatable bonds is 20. The van der Waals surface area contributed by atoms with Crippen LogP contribution < -0.4 is 14.2 Å². The van der Waals surface area contributed by atoms with Gasteiger partial charge in [-0.05, 0) is 74.4 Å². The van der Waals surface area contributed by atoms with Crippen LogP contribution in [0.15, 0.2) is 66.8 Å². The Morgan fingerprint density at radius 2 is 1.80 bits per heavy atom. The average Bonchev–Trinajstić information content (AvgIpc) is 3.36. The van der Waals surface area contributed by atoms with Gasteiger partial charge in [-0.25, -0.2) is 4.79 Å². The summed E-state index contributed by atoms with van der Waals surface area (Å²) in [4.78, 5) is 39.1. The van der Waals surface area contributed by atoms with Crippen molar-refractivity contribution in [1.82, 2.24) is 0 Å². The van der Waals surface area contributed by atoms with Gasteiger partial charge in [-0.2, -0.15) is 13.2 Å². The number of ether oxygens (including phenoxy) is 4. The lowest BCUT2D eigenvalue weighted by molar-refractivity contribution is -0.757. The Morgan fingerprint density at radius 1 is 1.04 bits per heavy atom. The SMILES string of the molecule is COc1cc(C(=O)OCCCCO[N+](=O)[O-])ccc1OC(=O)CCC/C=C\C[C@@H]1[C@@H](/C=C/[C@@H](O)COc2cccc(C(F)(F)F)c2)[C@H](O)C[C@@H]1O. The summed E-state index contributed by atoms with van der Waals surface area (Å²) in [5.41, 5.74) is -0.708. The third-order valence-corrected chi connectivity index (χ3v) is 7.97. The Kier molecular flexibility index (Phi) is 16.2. The van der Waals surface area contributed by atoms with Crippen LogP contribution in [0.5, 0.6) is 17.2 Å². The second-order valence-electron chi connectivity index (χ2n) is 11.7. The van der Waals surface area contributed by atoms with Gasteiger partial charge in [0.25, 0.3) is 5.09 Å². The lowest BCUT2D eigenvalue weighted by atomic mass is 9.89. The Hall–Kier alpha value is -4.67. The van der Waals surface area contributed by atoms with Crippen LogP contribution in [0.3, 0.4) is 0 Å². The van der Waals surface area contributed by atoms with Crippen molar-refractivity contribution < 1.29 is 67.0 Å². The molecule has 13 nitrogen and oxygen atoms in total. The fourth-order valence-electron chi connectivity index (χ4n) is 5.34. The van der Waals surface area contributed by atoms with Crippen LogP contribution in [0, 0.1) is 22.0 Å². The lowest BCUT2D eigenvalue weighted by Crippen LogP contribution is -2.21. The molecule has 0 heterocycles. The number of nitrogens with zero attached hydrogens (tertiary/aromatic N) is 1. The number of methoxy groups -OCH3 is 1. The second kappa shape index (κ2) is 20.2. The third-order valence-electron chi connectivity index (χ3n) is 7.97. The van der Waals surface area contributed by atoms with Gasteiger partial charge in [-0.3, -0.25) is 4.79 Å². The van der Waals surface area contributed by atoms with E-state index in [1.54, 1.807) is 6.08 Å². The molecular formula is C35H42F3NO12. The molecule has 0 bridgehead atoms. The molecule has 3 rings (SSSR count). The number of aliphatic hydroxyl groups excluding tert-OH is 3. The summed E-state index contributed by atoms with van der Waals surface area (Å²) in [5.74, 6) is -1.78. The quantitative estimate of drug-likeness (QED) is 0.0404. The van der Waals surface area contributed by atoms with Crippen molar-refractivity contribution >= 4 is 11.9 Å². The highest BCUT2D eigenvalue weighted by atomic mass is 19.4. The Balaban J connectivity index is 1.40. The maximum absolute atomic E-state index is 12.9. The van der Waals surface area contributed by atoms with E-state index in [9.17, 15) is 48.2 Å². The number of allylic oxidation sites excluding steroid dienone is 2. The Labute approximate surface area is 292 Å². The van der Waals surface area contributed by atoms with Crippen LogP contribution in [0.1, 0.15) is 60.9 Å². The first-order valence-electron chi connectivity index (χ1n) is 16.3. The van der Waals surface area contributed by atoms with Gasteiger partial charge >= 0.3 is 18.1 Å². The van der Waals surface area contributed by atoms with E-state index in [-0.39, 0.29) is 61.4 Å². The van der Waals surface area contributed by atoms with Crippen molar-refractivity contribution in [2.45, 2.75) is 69.4 Å². The lowest BCUT2D eigenvalue weighted by Gasteiger charge is -2.19. The van der Waals surface area contributed by atoms with Gasteiger partial charge in [0.1, 0.15) is 18.5 Å². The molecule has 0 aromatic heterocycles. The molecule has 2 aromatic rings. The minimum absolute atomic E-state index is 0.0335. The van der Waals surface area contributed by atoms with Gasteiger partial charge in [0.2, 0.25) is 0 Å². The van der Waals surface area contributed by atoms with Crippen molar-refractivity contribution in [2.24, 2.45) is 11.8 Å². The molecule has 1 saturated carbocycles. The summed E-state index contributed by atoms with van der Waals surface area (Å²) in [6.45, 7) is -0.376. The molecule has 0 radical (unpaired) electrons. The van der Waals surface area contributed by atoms with Crippen LogP contribution in [-0.4, -0.2) is 77.6 Å². The van der Waals surface area contributed by atoms with E-state index in [4.69, 9.17) is 18.9 Å². The number of carbonyl (C=O) groups is 2. The van der Waals surface area contributed by atoms with Gasteiger partial charge in [-0.15, -0.1) is 10.1 Å². The maximum Gasteiger partial charge on any atom is 0.416 e. The van der Waals surface area contributed by atoms with Gasteiger partial charge < -0.3 is 39.1 Å². The zero-order chi connectivity index (χ0) is 37.4. The number of esters is 2. The van der Waals surface area contributed by atoms with Crippen molar-refractivity contribution in [2.75, 3.05) is 26.9 Å². The number of carbonyl (C=O) groups excluding carboxylic acids is 2. The standard InChI is InChI=1S/C35H42F3NO12/c1-47-32-19-23(34(44)48-17-6-7-18-50-39(45)46)13-16-31(32)51-33(43)12-5-3-2-4-11-27-28(30(42)21-29(27)41)15-14-25(40)22-49-26-10-8-9-24(20-26)35(36,37)38/h2,4,8-10,13-16,19-20,25,27-30,40-42H,3,5-7,11-12,17-18,21-22H2,1H3/b4-2-,15-14+/t25-,27-,28-,29+,30-/m1/s1. The fourth-order valence-corrected chi connectivity index (χ4v) is 5.34. The molecule has 3 N–H and O–H groups in total. The predicted octanol–water partition coefficient (Wildman–Crippen LogP) is 5.24. The van der Waals surface area contributed by atoms with E-state index in [0.717, 1.165) is 12.1 Å². The van der Waals surface area contributed by atoms with Gasteiger partial charge in [-0.1, -0.05) is 30.4 Å². The van der Waals surface area contributed by atoms with E-state index in [1.165, 1.54) is 43.5 Å².